The molecule has 0 amide bonds. The highest BCUT2D eigenvalue weighted by Crippen LogP contribution is 2.22. The number of hydrogen-bond donors (Lipinski definition) is 2. The van der Waals surface area contributed by atoms with Crippen molar-refractivity contribution in [2.24, 2.45) is 0 Å². The van der Waals surface area contributed by atoms with Crippen LogP contribution < -0.4 is 14.8 Å². The molecule has 0 radical (unpaired) electrons. The van der Waals surface area contributed by atoms with Gasteiger partial charge < -0.3 is 19.9 Å². The van der Waals surface area contributed by atoms with Crippen LogP contribution in [0.4, 0.5) is 0 Å². The summed E-state index contributed by atoms with van der Waals surface area (Å²) in [6, 6.07) is 7.29. The lowest BCUT2D eigenvalue weighted by Crippen LogP contribution is -2.52. The van der Waals surface area contributed by atoms with Crippen LogP contribution >= 0.6 is 0 Å². The first kappa shape index (κ1) is 17.3. The fourth-order valence-corrected chi connectivity index (χ4v) is 2.16. The second kappa shape index (κ2) is 7.88. The lowest BCUT2D eigenvalue weighted by molar-refractivity contribution is -0.145. The number of carboxylic acids is 1. The maximum absolute atomic E-state index is 11.5. The first-order valence-corrected chi connectivity index (χ1v) is 7.20. The van der Waals surface area contributed by atoms with Gasteiger partial charge in [-0.25, -0.2) is 0 Å². The Hall–Kier alpha value is -1.75. The first-order valence-electron chi connectivity index (χ1n) is 7.20. The molecule has 0 aliphatic heterocycles. The number of aliphatic carboxylic acids is 1. The van der Waals surface area contributed by atoms with Gasteiger partial charge in [0.25, 0.3) is 0 Å². The molecule has 2 atom stereocenters. The van der Waals surface area contributed by atoms with E-state index in [4.69, 9.17) is 9.47 Å². The predicted molar refractivity (Wildman–Crippen MR) is 82.0 cm³/mol. The number of hydrogen-bond acceptors (Lipinski definition) is 4. The Morgan fingerprint density at radius 3 is 2.67 bits per heavy atom. The van der Waals surface area contributed by atoms with Crippen LogP contribution in [0.5, 0.6) is 11.5 Å². The monoisotopic (exact) mass is 295 g/mol. The molecule has 21 heavy (non-hydrogen) atoms. The summed E-state index contributed by atoms with van der Waals surface area (Å²) >= 11 is 0. The van der Waals surface area contributed by atoms with E-state index in [0.29, 0.717) is 24.5 Å². The van der Waals surface area contributed by atoms with Crippen molar-refractivity contribution in [3.63, 3.8) is 0 Å². The molecule has 5 nitrogen and oxygen atoms in total. The van der Waals surface area contributed by atoms with Crippen LogP contribution in [0.2, 0.25) is 0 Å². The molecule has 1 rings (SSSR count). The molecule has 0 aliphatic rings. The number of benzene rings is 1. The second-order valence-corrected chi connectivity index (χ2v) is 5.38. The molecule has 1 aromatic rings. The molecule has 0 spiro atoms. The van der Waals surface area contributed by atoms with E-state index in [1.165, 1.54) is 0 Å². The van der Waals surface area contributed by atoms with Gasteiger partial charge in [-0.1, -0.05) is 13.0 Å². The van der Waals surface area contributed by atoms with Crippen molar-refractivity contribution < 1.29 is 19.4 Å². The van der Waals surface area contributed by atoms with Crippen molar-refractivity contribution in [2.75, 3.05) is 13.7 Å². The van der Waals surface area contributed by atoms with Crippen LogP contribution in [0.15, 0.2) is 24.3 Å². The van der Waals surface area contributed by atoms with Crippen LogP contribution in [-0.4, -0.2) is 36.4 Å². The van der Waals surface area contributed by atoms with Crippen molar-refractivity contribution in [2.45, 2.75) is 45.3 Å². The van der Waals surface area contributed by atoms with Gasteiger partial charge in [0.05, 0.1) is 13.2 Å². The Kier molecular flexibility index (Phi) is 6.49. The molecule has 1 aromatic carbocycles. The van der Waals surface area contributed by atoms with E-state index in [2.05, 4.69) is 5.32 Å². The summed E-state index contributed by atoms with van der Waals surface area (Å²) in [7, 11) is 1.60. The molecule has 118 valence electrons. The number of methoxy groups -OCH3 is 1. The van der Waals surface area contributed by atoms with Gasteiger partial charge in [0.2, 0.25) is 0 Å². The van der Waals surface area contributed by atoms with E-state index in [0.717, 1.165) is 6.42 Å². The van der Waals surface area contributed by atoms with E-state index in [-0.39, 0.29) is 6.10 Å². The second-order valence-electron chi connectivity index (χ2n) is 5.38. The Morgan fingerprint density at radius 1 is 1.43 bits per heavy atom. The van der Waals surface area contributed by atoms with Gasteiger partial charge in [-0.2, -0.15) is 0 Å². The van der Waals surface area contributed by atoms with Crippen LogP contribution in [0, 0.1) is 0 Å². The van der Waals surface area contributed by atoms with Gasteiger partial charge in [-0.15, -0.1) is 0 Å². The van der Waals surface area contributed by atoms with Gasteiger partial charge in [-0.05, 0) is 38.9 Å². The minimum absolute atomic E-state index is 0.234. The topological polar surface area (TPSA) is 67.8 Å². The van der Waals surface area contributed by atoms with Gasteiger partial charge in [0.15, 0.2) is 0 Å². The molecule has 5 heteroatoms. The lowest BCUT2D eigenvalue weighted by Gasteiger charge is -2.29. The van der Waals surface area contributed by atoms with E-state index in [9.17, 15) is 9.90 Å². The smallest absolute Gasteiger partial charge is 0.323 e. The van der Waals surface area contributed by atoms with Crippen molar-refractivity contribution in [3.05, 3.63) is 24.3 Å². The fourth-order valence-electron chi connectivity index (χ4n) is 2.16. The zero-order chi connectivity index (χ0) is 15.9. The van der Waals surface area contributed by atoms with E-state index < -0.39 is 11.5 Å². The zero-order valence-electron chi connectivity index (χ0n) is 13.2. The Labute approximate surface area is 126 Å². The molecule has 0 heterocycles. The summed E-state index contributed by atoms with van der Waals surface area (Å²) in [6.07, 6.45) is 1.02. The molecule has 0 aromatic heterocycles. The van der Waals surface area contributed by atoms with Crippen LogP contribution in [0.3, 0.4) is 0 Å². The lowest BCUT2D eigenvalue weighted by atomic mass is 9.94. The maximum atomic E-state index is 11.5. The van der Waals surface area contributed by atoms with Crippen molar-refractivity contribution in [3.8, 4) is 11.5 Å². The summed E-state index contributed by atoms with van der Waals surface area (Å²) in [5.74, 6) is 0.520. The van der Waals surface area contributed by atoms with E-state index in [1.807, 2.05) is 32.0 Å². The third-order valence-corrected chi connectivity index (χ3v) is 3.31. The average molecular weight is 295 g/mol. The highest BCUT2D eigenvalue weighted by molar-refractivity contribution is 5.78. The quantitative estimate of drug-likeness (QED) is 0.733. The molecule has 0 saturated heterocycles. The van der Waals surface area contributed by atoms with Crippen LogP contribution in [0.25, 0.3) is 0 Å². The highest BCUT2D eigenvalue weighted by atomic mass is 16.5. The maximum Gasteiger partial charge on any atom is 0.323 e. The molecular formula is C16H25NO4. The normalized spacial score (nSPS) is 15.0. The number of ether oxygens (including phenoxy) is 2. The predicted octanol–water partition coefficient (Wildman–Crippen LogP) is 2.70. The molecule has 2 unspecified atom stereocenters. The highest BCUT2D eigenvalue weighted by Gasteiger charge is 2.34. The molecule has 0 fully saturated rings. The summed E-state index contributed by atoms with van der Waals surface area (Å²) in [5, 5.41) is 12.5. The van der Waals surface area contributed by atoms with Crippen molar-refractivity contribution >= 4 is 5.97 Å². The largest absolute Gasteiger partial charge is 0.497 e. The zero-order valence-corrected chi connectivity index (χ0v) is 13.2. The van der Waals surface area contributed by atoms with Gasteiger partial charge in [0, 0.05) is 12.5 Å². The molecule has 0 aliphatic carbocycles. The standard InChI is InChI=1S/C16H25NO4/c1-5-9-17-16(3,15(18)19)11-12(2)21-14-8-6-7-13(10-14)20-4/h6-8,10,12,17H,5,9,11H2,1-4H3,(H,18,19). The Bertz CT molecular complexity index is 463. The summed E-state index contributed by atoms with van der Waals surface area (Å²) < 4.78 is 10.9. The van der Waals surface area contributed by atoms with E-state index >= 15 is 0 Å². The Balaban J connectivity index is 2.68. The number of carbonyl (C=O) groups is 1. The average Bonchev–Trinajstić information content (AvgIpc) is 2.45. The SMILES string of the molecule is CCCNC(C)(CC(C)Oc1cccc(OC)c1)C(=O)O. The number of rotatable bonds is 9. The van der Waals surface area contributed by atoms with Gasteiger partial charge in [0.1, 0.15) is 17.0 Å². The minimum Gasteiger partial charge on any atom is -0.497 e. The fraction of sp³-hybridized carbons (Fsp3) is 0.562. The van der Waals surface area contributed by atoms with Gasteiger partial charge in [-0.3, -0.25) is 4.79 Å². The summed E-state index contributed by atoms with van der Waals surface area (Å²) in [6.45, 7) is 6.23. The number of nitrogens with one attached hydrogen (secondary N) is 1. The molecular weight excluding hydrogens is 270 g/mol. The molecule has 0 saturated carbocycles. The molecule has 2 N–H and O–H groups in total. The Morgan fingerprint density at radius 2 is 2.10 bits per heavy atom. The minimum atomic E-state index is -0.992. The van der Waals surface area contributed by atoms with Crippen molar-refractivity contribution in [1.82, 2.24) is 5.32 Å². The van der Waals surface area contributed by atoms with Gasteiger partial charge >= 0.3 is 5.97 Å². The van der Waals surface area contributed by atoms with Crippen molar-refractivity contribution in [1.29, 1.82) is 0 Å². The van der Waals surface area contributed by atoms with Crippen LogP contribution in [0.1, 0.15) is 33.6 Å². The van der Waals surface area contributed by atoms with E-state index in [1.54, 1.807) is 20.1 Å². The first-order chi connectivity index (χ1) is 9.91. The molecule has 0 bridgehead atoms. The third-order valence-electron chi connectivity index (χ3n) is 3.31. The summed E-state index contributed by atoms with van der Waals surface area (Å²) in [4.78, 5) is 11.5. The van der Waals surface area contributed by atoms with Crippen LogP contribution in [-0.2, 0) is 4.79 Å². The summed E-state index contributed by atoms with van der Waals surface area (Å²) in [5.41, 5.74) is -0.992. The number of carboxylic acid groups (broad SMARTS) is 1. The third kappa shape index (κ3) is 5.27.